The number of nitro groups is 1. The third kappa shape index (κ3) is 4.05. The molecular weight excluding hydrogens is 293 g/mol. The normalized spacial score (nSPS) is 19.3. The lowest BCUT2D eigenvalue weighted by molar-refractivity contribution is -0.385. The number of alkyl halides is 3. The molecule has 2 rings (SSSR count). The van der Waals surface area contributed by atoms with Crippen molar-refractivity contribution in [3.05, 3.63) is 33.9 Å². The third-order valence-electron chi connectivity index (χ3n) is 2.91. The van der Waals surface area contributed by atoms with Crippen molar-refractivity contribution in [2.24, 2.45) is 0 Å². The number of nitrogens with one attached hydrogen (secondary N) is 1. The van der Waals surface area contributed by atoms with Gasteiger partial charge in [-0.3, -0.25) is 10.1 Å². The maximum Gasteiger partial charge on any atom is 0.420 e. The van der Waals surface area contributed by atoms with E-state index in [0.29, 0.717) is 25.8 Å². The van der Waals surface area contributed by atoms with Crippen LogP contribution in [-0.2, 0) is 10.9 Å². The van der Waals surface area contributed by atoms with Crippen LogP contribution < -0.4 is 10.1 Å². The second kappa shape index (κ2) is 6.27. The molecule has 1 unspecified atom stereocenters. The number of rotatable bonds is 4. The fourth-order valence-corrected chi connectivity index (χ4v) is 1.89. The summed E-state index contributed by atoms with van der Waals surface area (Å²) in [5, 5.41) is 13.6. The van der Waals surface area contributed by atoms with Crippen LogP contribution in [0.4, 0.5) is 18.9 Å². The molecule has 0 aliphatic carbocycles. The van der Waals surface area contributed by atoms with Gasteiger partial charge in [0.05, 0.1) is 11.5 Å². The summed E-state index contributed by atoms with van der Waals surface area (Å²) in [6.07, 6.45) is -5.08. The van der Waals surface area contributed by atoms with Crippen LogP contribution in [0.15, 0.2) is 18.2 Å². The van der Waals surface area contributed by atoms with Gasteiger partial charge in [0.2, 0.25) is 0 Å². The lowest BCUT2D eigenvalue weighted by Gasteiger charge is -2.24. The van der Waals surface area contributed by atoms with E-state index in [1.54, 1.807) is 0 Å². The standard InChI is InChI=1S/C12H13F3N2O4/c13-12(14,15)10-5-8(17(18)19)1-2-11(10)21-7-9-6-16-3-4-20-9/h1-2,5,9,16H,3-4,6-7H2. The molecule has 1 aliphatic rings. The van der Waals surface area contributed by atoms with Crippen LogP contribution in [0.3, 0.4) is 0 Å². The highest BCUT2D eigenvalue weighted by molar-refractivity contribution is 5.45. The van der Waals surface area contributed by atoms with Gasteiger partial charge in [0.1, 0.15) is 24.0 Å². The van der Waals surface area contributed by atoms with Gasteiger partial charge in [-0.25, -0.2) is 0 Å². The van der Waals surface area contributed by atoms with Crippen molar-refractivity contribution in [2.75, 3.05) is 26.3 Å². The topological polar surface area (TPSA) is 73.6 Å². The summed E-state index contributed by atoms with van der Waals surface area (Å²) >= 11 is 0. The van der Waals surface area contributed by atoms with Crippen LogP contribution in [0.25, 0.3) is 0 Å². The molecule has 1 aromatic rings. The molecule has 1 atom stereocenters. The first-order chi connectivity index (χ1) is 9.88. The number of ether oxygens (including phenoxy) is 2. The molecule has 1 fully saturated rings. The van der Waals surface area contributed by atoms with E-state index in [4.69, 9.17) is 9.47 Å². The highest BCUT2D eigenvalue weighted by atomic mass is 19.4. The second-order valence-corrected chi connectivity index (χ2v) is 4.44. The van der Waals surface area contributed by atoms with Crippen molar-refractivity contribution >= 4 is 5.69 Å². The zero-order valence-corrected chi connectivity index (χ0v) is 10.9. The van der Waals surface area contributed by atoms with Gasteiger partial charge in [0.15, 0.2) is 0 Å². The lowest BCUT2D eigenvalue weighted by atomic mass is 10.1. The summed E-state index contributed by atoms with van der Waals surface area (Å²) in [7, 11) is 0. The Morgan fingerprint density at radius 3 is 2.81 bits per heavy atom. The summed E-state index contributed by atoms with van der Waals surface area (Å²) in [6, 6.07) is 2.40. The van der Waals surface area contributed by atoms with Gasteiger partial charge in [-0.1, -0.05) is 0 Å². The molecule has 9 heteroatoms. The van der Waals surface area contributed by atoms with E-state index in [-0.39, 0.29) is 12.7 Å². The zero-order valence-electron chi connectivity index (χ0n) is 10.9. The van der Waals surface area contributed by atoms with E-state index < -0.39 is 28.1 Å². The Balaban J connectivity index is 2.15. The molecular formula is C12H13F3N2O4. The molecule has 116 valence electrons. The molecule has 21 heavy (non-hydrogen) atoms. The van der Waals surface area contributed by atoms with Crippen LogP contribution in [-0.4, -0.2) is 37.3 Å². The fourth-order valence-electron chi connectivity index (χ4n) is 1.89. The molecule has 0 spiro atoms. The second-order valence-electron chi connectivity index (χ2n) is 4.44. The first kappa shape index (κ1) is 15.5. The predicted octanol–water partition coefficient (Wildman–Crippen LogP) is 1.98. The molecule has 1 saturated heterocycles. The highest BCUT2D eigenvalue weighted by Gasteiger charge is 2.36. The van der Waals surface area contributed by atoms with Crippen molar-refractivity contribution < 1.29 is 27.6 Å². The maximum atomic E-state index is 12.9. The van der Waals surface area contributed by atoms with Gasteiger partial charge in [-0.05, 0) is 6.07 Å². The Morgan fingerprint density at radius 1 is 1.48 bits per heavy atom. The van der Waals surface area contributed by atoms with Gasteiger partial charge < -0.3 is 14.8 Å². The minimum Gasteiger partial charge on any atom is -0.490 e. The highest BCUT2D eigenvalue weighted by Crippen LogP contribution is 2.38. The number of non-ortho nitro benzene ring substituents is 1. The quantitative estimate of drug-likeness (QED) is 0.680. The molecule has 0 bridgehead atoms. The minimum absolute atomic E-state index is 0.0616. The van der Waals surface area contributed by atoms with E-state index in [1.165, 1.54) is 0 Å². The molecule has 1 aliphatic heterocycles. The zero-order chi connectivity index (χ0) is 15.5. The molecule has 1 aromatic carbocycles. The van der Waals surface area contributed by atoms with Crippen LogP contribution in [0.5, 0.6) is 5.75 Å². The summed E-state index contributed by atoms with van der Waals surface area (Å²) < 4.78 is 49.2. The minimum atomic E-state index is -4.73. The molecule has 0 saturated carbocycles. The largest absolute Gasteiger partial charge is 0.490 e. The average molecular weight is 306 g/mol. The molecule has 6 nitrogen and oxygen atoms in total. The van der Waals surface area contributed by atoms with Crippen molar-refractivity contribution in [3.8, 4) is 5.75 Å². The molecule has 1 heterocycles. The summed E-state index contributed by atoms with van der Waals surface area (Å²) in [5.41, 5.74) is -1.80. The molecule has 0 radical (unpaired) electrons. The van der Waals surface area contributed by atoms with Crippen LogP contribution in [0.2, 0.25) is 0 Å². The van der Waals surface area contributed by atoms with Crippen molar-refractivity contribution in [1.82, 2.24) is 5.32 Å². The number of halogens is 3. The molecule has 1 N–H and O–H groups in total. The predicted molar refractivity (Wildman–Crippen MR) is 66.2 cm³/mol. The number of morpholine rings is 1. The van der Waals surface area contributed by atoms with Gasteiger partial charge in [-0.2, -0.15) is 13.2 Å². The maximum absolute atomic E-state index is 12.9. The Labute approximate surface area is 118 Å². The fraction of sp³-hybridized carbons (Fsp3) is 0.500. The van der Waals surface area contributed by atoms with Crippen molar-refractivity contribution in [3.63, 3.8) is 0 Å². The first-order valence-electron chi connectivity index (χ1n) is 6.18. The third-order valence-corrected chi connectivity index (χ3v) is 2.91. The Hall–Kier alpha value is -1.87. The summed E-state index contributed by atoms with van der Waals surface area (Å²) in [6.45, 7) is 1.56. The number of hydrogen-bond acceptors (Lipinski definition) is 5. The number of nitro benzene ring substituents is 1. The Bertz CT molecular complexity index is 516. The summed E-state index contributed by atoms with van der Waals surface area (Å²) in [5.74, 6) is -0.442. The van der Waals surface area contributed by atoms with Gasteiger partial charge in [0, 0.05) is 25.2 Å². The van der Waals surface area contributed by atoms with Gasteiger partial charge in [-0.15, -0.1) is 0 Å². The van der Waals surface area contributed by atoms with Crippen LogP contribution >= 0.6 is 0 Å². The van der Waals surface area contributed by atoms with E-state index in [9.17, 15) is 23.3 Å². The monoisotopic (exact) mass is 306 g/mol. The number of nitrogens with zero attached hydrogens (tertiary/aromatic N) is 1. The van der Waals surface area contributed by atoms with Gasteiger partial charge in [0.25, 0.3) is 5.69 Å². The van der Waals surface area contributed by atoms with Crippen LogP contribution in [0.1, 0.15) is 5.56 Å². The average Bonchev–Trinajstić information content (AvgIpc) is 2.45. The molecule has 0 aromatic heterocycles. The van der Waals surface area contributed by atoms with E-state index in [1.807, 2.05) is 0 Å². The smallest absolute Gasteiger partial charge is 0.420 e. The van der Waals surface area contributed by atoms with Crippen LogP contribution in [0, 0.1) is 10.1 Å². The van der Waals surface area contributed by atoms with Gasteiger partial charge >= 0.3 is 6.18 Å². The number of benzene rings is 1. The SMILES string of the molecule is O=[N+]([O-])c1ccc(OCC2CNCCO2)c(C(F)(F)F)c1. The van der Waals surface area contributed by atoms with Crippen molar-refractivity contribution in [1.29, 1.82) is 0 Å². The van der Waals surface area contributed by atoms with Crippen molar-refractivity contribution in [2.45, 2.75) is 12.3 Å². The lowest BCUT2D eigenvalue weighted by Crippen LogP contribution is -2.41. The molecule has 0 amide bonds. The first-order valence-corrected chi connectivity index (χ1v) is 6.18. The van der Waals surface area contributed by atoms with E-state index in [2.05, 4.69) is 5.32 Å². The summed E-state index contributed by atoms with van der Waals surface area (Å²) in [4.78, 5) is 9.68. The Kier molecular flexibility index (Phi) is 4.63. The number of hydrogen-bond donors (Lipinski definition) is 1. The Morgan fingerprint density at radius 2 is 2.24 bits per heavy atom. The van der Waals surface area contributed by atoms with E-state index in [0.717, 1.165) is 12.1 Å². The van der Waals surface area contributed by atoms with E-state index >= 15 is 0 Å².